The number of alkyl halides is 6. The average molecular weight is 456 g/mol. The highest BCUT2D eigenvalue weighted by Gasteiger charge is 2.35. The van der Waals surface area contributed by atoms with Crippen molar-refractivity contribution >= 4 is 5.97 Å². The van der Waals surface area contributed by atoms with Crippen LogP contribution in [0.25, 0.3) is 0 Å². The lowest BCUT2D eigenvalue weighted by molar-refractivity contribution is -0.141. The molecule has 4 nitrogen and oxygen atoms in total. The van der Waals surface area contributed by atoms with Gasteiger partial charge in [0, 0.05) is 6.42 Å². The molecule has 0 bridgehead atoms. The van der Waals surface area contributed by atoms with Gasteiger partial charge in [0.25, 0.3) is 0 Å². The van der Waals surface area contributed by atoms with Gasteiger partial charge in [-0.25, -0.2) is 0 Å². The molecule has 0 saturated carbocycles. The van der Waals surface area contributed by atoms with E-state index in [-0.39, 0.29) is 30.4 Å². The highest BCUT2D eigenvalue weighted by Crippen LogP contribution is 2.36. The van der Waals surface area contributed by atoms with Crippen molar-refractivity contribution in [3.05, 3.63) is 70.8 Å². The first-order chi connectivity index (χ1) is 15.0. The van der Waals surface area contributed by atoms with Crippen molar-refractivity contribution < 1.29 is 35.9 Å². The number of esters is 1. The summed E-state index contributed by atoms with van der Waals surface area (Å²) in [5.41, 5.74) is -1.65. The topological polar surface area (TPSA) is 73.9 Å². The zero-order valence-corrected chi connectivity index (χ0v) is 16.8. The molecule has 1 unspecified atom stereocenters. The summed E-state index contributed by atoms with van der Waals surface area (Å²) in [6, 6.07) is 13.5. The van der Waals surface area contributed by atoms with Gasteiger partial charge in [0.05, 0.1) is 42.7 Å². The van der Waals surface area contributed by atoms with Crippen LogP contribution in [0.5, 0.6) is 0 Å². The number of carbonyl (C=O) groups excluding carboxylic acids is 1. The fraction of sp³-hybridized carbons (Fsp3) is 0.318. The van der Waals surface area contributed by atoms with Gasteiger partial charge in [-0.3, -0.25) is 4.79 Å². The Morgan fingerprint density at radius 3 is 1.97 bits per heavy atom. The van der Waals surface area contributed by atoms with Gasteiger partial charge in [0.2, 0.25) is 0 Å². The highest BCUT2D eigenvalue weighted by atomic mass is 19.4. The third-order valence-electron chi connectivity index (χ3n) is 4.25. The van der Waals surface area contributed by atoms with Gasteiger partial charge in [0.1, 0.15) is 0 Å². The van der Waals surface area contributed by atoms with Gasteiger partial charge < -0.3 is 4.74 Å². The van der Waals surface area contributed by atoms with Crippen LogP contribution in [0.15, 0.2) is 48.5 Å². The molecule has 0 aliphatic carbocycles. The molecule has 2 rings (SSSR count). The van der Waals surface area contributed by atoms with Crippen LogP contribution in [0, 0.1) is 22.7 Å². The second-order valence-electron chi connectivity index (χ2n) is 6.37. The molecule has 0 N–H and O–H groups in total. The molecule has 10 heteroatoms. The third kappa shape index (κ3) is 7.95. The van der Waals surface area contributed by atoms with E-state index >= 15 is 0 Å². The predicted molar refractivity (Wildman–Crippen MR) is 102 cm³/mol. The van der Waals surface area contributed by atoms with Gasteiger partial charge in [0.15, 0.2) is 0 Å². The van der Waals surface area contributed by atoms with Crippen LogP contribution < -0.4 is 0 Å². The van der Waals surface area contributed by atoms with Crippen molar-refractivity contribution in [3.8, 4) is 12.1 Å². The summed E-state index contributed by atoms with van der Waals surface area (Å²) in [7, 11) is 1.19. The smallest absolute Gasteiger partial charge is 0.416 e. The Morgan fingerprint density at radius 2 is 1.47 bits per heavy atom. The highest BCUT2D eigenvalue weighted by molar-refractivity contribution is 5.69. The van der Waals surface area contributed by atoms with Crippen LogP contribution in [0.4, 0.5) is 26.3 Å². The molecular formula is C22H18F6N2O2. The number of halogens is 6. The number of methoxy groups -OCH3 is 1. The molecule has 0 heterocycles. The van der Waals surface area contributed by atoms with Gasteiger partial charge in [-0.2, -0.15) is 36.9 Å². The molecule has 0 fully saturated rings. The Balaban J connectivity index is 0.000000343. The van der Waals surface area contributed by atoms with E-state index in [1.807, 2.05) is 0 Å². The first-order valence-electron chi connectivity index (χ1n) is 9.10. The monoisotopic (exact) mass is 456 g/mol. The summed E-state index contributed by atoms with van der Waals surface area (Å²) in [6.45, 7) is 0. The zero-order valence-electron chi connectivity index (χ0n) is 16.8. The van der Waals surface area contributed by atoms with E-state index < -0.39 is 35.4 Å². The van der Waals surface area contributed by atoms with Gasteiger partial charge in [-0.05, 0) is 29.7 Å². The van der Waals surface area contributed by atoms with E-state index in [0.717, 1.165) is 12.1 Å². The van der Waals surface area contributed by atoms with Crippen molar-refractivity contribution in [2.24, 2.45) is 0 Å². The van der Waals surface area contributed by atoms with Crippen molar-refractivity contribution in [1.82, 2.24) is 0 Å². The fourth-order valence-corrected chi connectivity index (χ4v) is 2.75. The maximum Gasteiger partial charge on any atom is 0.416 e. The van der Waals surface area contributed by atoms with E-state index in [1.54, 1.807) is 12.1 Å². The van der Waals surface area contributed by atoms with E-state index in [9.17, 15) is 31.1 Å². The first-order valence-corrected chi connectivity index (χ1v) is 9.10. The van der Waals surface area contributed by atoms with Crippen LogP contribution in [0.3, 0.4) is 0 Å². The lowest BCUT2D eigenvalue weighted by Crippen LogP contribution is -2.12. The zero-order chi connectivity index (χ0) is 24.4. The van der Waals surface area contributed by atoms with Crippen molar-refractivity contribution in [2.75, 3.05) is 7.11 Å². The van der Waals surface area contributed by atoms with E-state index in [0.29, 0.717) is 0 Å². The molecule has 2 aromatic carbocycles. The second-order valence-corrected chi connectivity index (χ2v) is 6.37. The minimum Gasteiger partial charge on any atom is -0.469 e. The number of hydrogen-bond donors (Lipinski definition) is 0. The summed E-state index contributed by atoms with van der Waals surface area (Å²) in [6.07, 6.45) is -9.20. The molecule has 2 aromatic rings. The maximum atomic E-state index is 12.8. The Morgan fingerprint density at radius 1 is 0.938 bits per heavy atom. The first kappa shape index (κ1) is 26.5. The molecule has 0 spiro atoms. The molecule has 0 aliphatic heterocycles. The minimum absolute atomic E-state index is 0.00370. The van der Waals surface area contributed by atoms with E-state index in [1.165, 1.54) is 43.5 Å². The number of benzene rings is 2. The van der Waals surface area contributed by atoms with Crippen LogP contribution in [-0.2, 0) is 28.3 Å². The number of nitriles is 2. The summed E-state index contributed by atoms with van der Waals surface area (Å²) in [5, 5.41) is 17.3. The van der Waals surface area contributed by atoms with Crippen LogP contribution >= 0.6 is 0 Å². The third-order valence-corrected chi connectivity index (χ3v) is 4.25. The van der Waals surface area contributed by atoms with Crippen molar-refractivity contribution in [1.29, 1.82) is 10.5 Å². The summed E-state index contributed by atoms with van der Waals surface area (Å²) in [5.74, 6) is -1.54. The number of ether oxygens (including phenoxy) is 1. The molecule has 1 atom stereocenters. The van der Waals surface area contributed by atoms with Crippen LogP contribution in [0.2, 0.25) is 0 Å². The minimum atomic E-state index is -4.52. The number of nitrogens with zero attached hydrogens (tertiary/aromatic N) is 2. The lowest BCUT2D eigenvalue weighted by Gasteiger charge is -2.16. The molecule has 32 heavy (non-hydrogen) atoms. The van der Waals surface area contributed by atoms with Gasteiger partial charge in [-0.15, -0.1) is 0 Å². The predicted octanol–water partition coefficient (Wildman–Crippen LogP) is 6.04. The van der Waals surface area contributed by atoms with Crippen molar-refractivity contribution in [3.63, 3.8) is 0 Å². The molecule has 0 amide bonds. The Labute approximate surface area is 180 Å². The van der Waals surface area contributed by atoms with Gasteiger partial charge >= 0.3 is 18.3 Å². The van der Waals surface area contributed by atoms with Crippen LogP contribution in [0.1, 0.15) is 41.0 Å². The van der Waals surface area contributed by atoms with Gasteiger partial charge in [-0.1, -0.05) is 36.4 Å². The number of rotatable bonds is 5. The number of carbonyl (C=O) groups is 1. The SMILES string of the molecule is COC(=O)CCC(C#N)c1ccccc1C(F)(F)F.N#CCc1ccccc1C(F)(F)F. The Kier molecular flexibility index (Phi) is 9.73. The molecular weight excluding hydrogens is 438 g/mol. The fourth-order valence-electron chi connectivity index (χ4n) is 2.75. The van der Waals surface area contributed by atoms with E-state index in [4.69, 9.17) is 10.5 Å². The molecule has 170 valence electrons. The largest absolute Gasteiger partial charge is 0.469 e. The van der Waals surface area contributed by atoms with Crippen LogP contribution in [-0.4, -0.2) is 13.1 Å². The maximum absolute atomic E-state index is 12.8. The Hall–Kier alpha value is -3.53. The average Bonchev–Trinajstić information content (AvgIpc) is 2.74. The summed E-state index contributed by atoms with van der Waals surface area (Å²) < 4.78 is 79.6. The van der Waals surface area contributed by atoms with E-state index in [2.05, 4.69) is 4.74 Å². The molecule has 0 aliphatic rings. The standard InChI is InChI=1S/C13H12F3NO2.C9H6F3N/c1-19-12(18)7-6-9(8-17)10-4-2-3-5-11(10)13(14,15)16;10-9(11,12)8-4-2-1-3-7(8)5-6-13/h2-5,9H,6-7H2,1H3;1-4H,5H2. The molecule has 0 aromatic heterocycles. The molecule has 0 radical (unpaired) electrons. The Bertz CT molecular complexity index is 987. The normalized spacial score (nSPS) is 11.9. The summed E-state index contributed by atoms with van der Waals surface area (Å²) >= 11 is 0. The number of hydrogen-bond acceptors (Lipinski definition) is 4. The lowest BCUT2D eigenvalue weighted by atomic mass is 9.91. The second kappa shape index (κ2) is 11.8. The quantitative estimate of drug-likeness (QED) is 0.406. The molecule has 0 saturated heterocycles. The summed E-state index contributed by atoms with van der Waals surface area (Å²) in [4.78, 5) is 11.0. The van der Waals surface area contributed by atoms with Crippen molar-refractivity contribution in [2.45, 2.75) is 37.5 Å².